The van der Waals surface area contributed by atoms with Crippen LogP contribution in [-0.2, 0) is 0 Å². The van der Waals surface area contributed by atoms with Gasteiger partial charge in [-0.15, -0.1) is 0 Å². The number of rotatable bonds is 5. The highest BCUT2D eigenvalue weighted by atomic mass is 14.6. The van der Waals surface area contributed by atoms with Crippen molar-refractivity contribution >= 4 is 0 Å². The van der Waals surface area contributed by atoms with Crippen molar-refractivity contribution in [1.29, 1.82) is 0 Å². The molecule has 28 heavy (non-hydrogen) atoms. The first kappa shape index (κ1) is 21.2. The summed E-state index contributed by atoms with van der Waals surface area (Å²) in [4.78, 5) is 0. The lowest BCUT2D eigenvalue weighted by Crippen LogP contribution is -2.53. The molecule has 0 saturated heterocycles. The zero-order chi connectivity index (χ0) is 20.1. The molecule has 0 amide bonds. The third-order valence-electron chi connectivity index (χ3n) is 11.6. The Morgan fingerprint density at radius 2 is 1.46 bits per heavy atom. The average Bonchev–Trinajstić information content (AvgIpc) is 3.02. The van der Waals surface area contributed by atoms with Crippen LogP contribution in [0.15, 0.2) is 0 Å². The van der Waals surface area contributed by atoms with Gasteiger partial charge in [0.05, 0.1) is 0 Å². The molecule has 0 bridgehead atoms. The van der Waals surface area contributed by atoms with Crippen LogP contribution in [0.25, 0.3) is 0 Å². The number of hydrogen-bond acceptors (Lipinski definition) is 0. The van der Waals surface area contributed by atoms with E-state index in [0.29, 0.717) is 10.8 Å². The summed E-state index contributed by atoms with van der Waals surface area (Å²) in [5, 5.41) is 0. The summed E-state index contributed by atoms with van der Waals surface area (Å²) in [7, 11) is 0. The van der Waals surface area contributed by atoms with Gasteiger partial charge in [-0.3, -0.25) is 0 Å². The normalized spacial score (nSPS) is 47.9. The first-order chi connectivity index (χ1) is 13.3. The molecule has 0 heterocycles. The van der Waals surface area contributed by atoms with E-state index in [0.717, 1.165) is 47.3 Å². The smallest absolute Gasteiger partial charge is 0.0264 e. The molecular formula is C28H50. The van der Waals surface area contributed by atoms with Gasteiger partial charge in [-0.05, 0) is 110 Å². The van der Waals surface area contributed by atoms with E-state index in [2.05, 4.69) is 41.5 Å². The molecule has 0 aromatic heterocycles. The Labute approximate surface area is 177 Å². The minimum atomic E-state index is 0.666. The molecular weight excluding hydrogens is 336 g/mol. The van der Waals surface area contributed by atoms with Crippen LogP contribution in [-0.4, -0.2) is 0 Å². The van der Waals surface area contributed by atoms with Crippen LogP contribution in [0.2, 0.25) is 0 Å². The first-order valence-electron chi connectivity index (χ1n) is 13.3. The van der Waals surface area contributed by atoms with E-state index in [9.17, 15) is 0 Å². The highest BCUT2D eigenvalue weighted by Crippen LogP contribution is 2.68. The van der Waals surface area contributed by atoms with Crippen molar-refractivity contribution in [2.24, 2.45) is 58.2 Å². The third kappa shape index (κ3) is 3.41. The average molecular weight is 387 g/mol. The summed E-state index contributed by atoms with van der Waals surface area (Å²) in [5.74, 6) is 7.96. The highest BCUT2D eigenvalue weighted by Gasteiger charge is 2.60. The third-order valence-corrected chi connectivity index (χ3v) is 11.6. The van der Waals surface area contributed by atoms with E-state index >= 15 is 0 Å². The highest BCUT2D eigenvalue weighted by molar-refractivity contribution is 5.09. The van der Waals surface area contributed by atoms with Gasteiger partial charge in [0.1, 0.15) is 0 Å². The van der Waals surface area contributed by atoms with E-state index in [1.807, 2.05) is 0 Å². The van der Waals surface area contributed by atoms with Crippen LogP contribution in [0, 0.1) is 58.2 Å². The number of hydrogen-bond donors (Lipinski definition) is 0. The van der Waals surface area contributed by atoms with Crippen molar-refractivity contribution in [3.8, 4) is 0 Å². The Hall–Kier alpha value is 0. The lowest BCUT2D eigenvalue weighted by atomic mass is 9.44. The van der Waals surface area contributed by atoms with Crippen LogP contribution in [0.5, 0.6) is 0 Å². The van der Waals surface area contributed by atoms with E-state index < -0.39 is 0 Å². The minimum absolute atomic E-state index is 0.666. The van der Waals surface area contributed by atoms with Crippen molar-refractivity contribution in [3.63, 3.8) is 0 Å². The summed E-state index contributed by atoms with van der Waals surface area (Å²) in [5.41, 5.74) is 1.37. The molecule has 162 valence electrons. The van der Waals surface area contributed by atoms with Crippen molar-refractivity contribution in [1.82, 2.24) is 0 Å². The van der Waals surface area contributed by atoms with Gasteiger partial charge in [-0.1, -0.05) is 67.2 Å². The van der Waals surface area contributed by atoms with Gasteiger partial charge in [0.15, 0.2) is 0 Å². The SMILES string of the molecule is CC(C)[C@H](C)CC[C@@H](C)[C@H]1CC[C@H]2[C@@H]3CCC4CCCC[C@]4(C)[C@H]3CC[C@]12C. The minimum Gasteiger partial charge on any atom is -0.0625 e. The fourth-order valence-corrected chi connectivity index (χ4v) is 9.33. The maximum Gasteiger partial charge on any atom is -0.0264 e. The van der Waals surface area contributed by atoms with Gasteiger partial charge in [0.25, 0.3) is 0 Å². The second-order valence-electron chi connectivity index (χ2n) is 12.9. The molecule has 0 aliphatic heterocycles. The summed E-state index contributed by atoms with van der Waals surface area (Å²) in [6, 6.07) is 0. The predicted molar refractivity (Wildman–Crippen MR) is 122 cm³/mol. The molecule has 4 aliphatic carbocycles. The summed E-state index contributed by atoms with van der Waals surface area (Å²) >= 11 is 0. The Bertz CT molecular complexity index is 534. The zero-order valence-corrected chi connectivity index (χ0v) is 20.1. The molecule has 0 aromatic carbocycles. The molecule has 0 aromatic rings. The zero-order valence-electron chi connectivity index (χ0n) is 20.1. The van der Waals surface area contributed by atoms with Crippen molar-refractivity contribution in [2.75, 3.05) is 0 Å². The fraction of sp³-hybridized carbons (Fsp3) is 1.00. The monoisotopic (exact) mass is 386 g/mol. The van der Waals surface area contributed by atoms with Gasteiger partial charge in [-0.25, -0.2) is 0 Å². The van der Waals surface area contributed by atoms with Crippen molar-refractivity contribution < 1.29 is 0 Å². The molecule has 0 spiro atoms. The molecule has 0 radical (unpaired) electrons. The molecule has 0 N–H and O–H groups in total. The van der Waals surface area contributed by atoms with E-state index in [1.54, 1.807) is 51.4 Å². The lowest BCUT2D eigenvalue weighted by Gasteiger charge is -2.61. The first-order valence-corrected chi connectivity index (χ1v) is 13.3. The second kappa shape index (κ2) is 7.92. The largest absolute Gasteiger partial charge is 0.0625 e. The van der Waals surface area contributed by atoms with Crippen LogP contribution in [0.4, 0.5) is 0 Å². The van der Waals surface area contributed by atoms with Crippen LogP contribution < -0.4 is 0 Å². The standard InChI is InChI=1S/C28H50/c1-19(2)20(3)10-11-21(4)24-14-15-25-23-13-12-22-9-7-8-17-27(22,5)26(23)16-18-28(24,25)6/h19-26H,7-18H2,1-6H3/t20-,21-,22?,23+,24-,25+,26+,27+,28-/m1/s1. The number of fused-ring (bicyclic) bond motifs is 5. The predicted octanol–water partition coefficient (Wildman–Crippen LogP) is 8.74. The molecule has 4 aliphatic rings. The van der Waals surface area contributed by atoms with Gasteiger partial charge < -0.3 is 0 Å². The van der Waals surface area contributed by atoms with E-state index in [-0.39, 0.29) is 0 Å². The van der Waals surface area contributed by atoms with Crippen LogP contribution in [0.1, 0.15) is 119 Å². The van der Waals surface area contributed by atoms with Gasteiger partial charge in [-0.2, -0.15) is 0 Å². The van der Waals surface area contributed by atoms with Crippen molar-refractivity contribution in [2.45, 2.75) is 119 Å². The van der Waals surface area contributed by atoms with Gasteiger partial charge >= 0.3 is 0 Å². The summed E-state index contributed by atoms with van der Waals surface area (Å²) in [6.45, 7) is 15.4. The molecule has 4 rings (SSSR count). The quantitative estimate of drug-likeness (QED) is 0.443. The molecule has 4 fully saturated rings. The van der Waals surface area contributed by atoms with Gasteiger partial charge in [0, 0.05) is 0 Å². The molecule has 0 nitrogen and oxygen atoms in total. The van der Waals surface area contributed by atoms with E-state index in [1.165, 1.54) is 25.7 Å². The fourth-order valence-electron chi connectivity index (χ4n) is 9.33. The Morgan fingerprint density at radius 1 is 0.714 bits per heavy atom. The Morgan fingerprint density at radius 3 is 2.21 bits per heavy atom. The molecule has 1 unspecified atom stereocenters. The molecule has 9 atom stereocenters. The lowest BCUT2D eigenvalue weighted by molar-refractivity contribution is -0.114. The maximum absolute atomic E-state index is 2.75. The Kier molecular flexibility index (Phi) is 6.01. The molecule has 0 heteroatoms. The molecule has 4 saturated carbocycles. The van der Waals surface area contributed by atoms with Gasteiger partial charge in [0.2, 0.25) is 0 Å². The van der Waals surface area contributed by atoms with Crippen molar-refractivity contribution in [3.05, 3.63) is 0 Å². The topological polar surface area (TPSA) is 0 Å². The van der Waals surface area contributed by atoms with E-state index in [4.69, 9.17) is 0 Å². The second-order valence-corrected chi connectivity index (χ2v) is 12.9. The summed E-state index contributed by atoms with van der Waals surface area (Å²) in [6.07, 6.45) is 18.4. The summed E-state index contributed by atoms with van der Waals surface area (Å²) < 4.78 is 0. The maximum atomic E-state index is 2.75. The Balaban J connectivity index is 1.46. The van der Waals surface area contributed by atoms with Crippen LogP contribution in [0.3, 0.4) is 0 Å². The van der Waals surface area contributed by atoms with Crippen LogP contribution >= 0.6 is 0 Å².